The molecule has 0 radical (unpaired) electrons. The number of benzene rings is 2. The lowest BCUT2D eigenvalue weighted by Crippen LogP contribution is -2.51. The Morgan fingerprint density at radius 1 is 1.15 bits per heavy atom. The van der Waals surface area contributed by atoms with Crippen LogP contribution in [0.1, 0.15) is 22.8 Å². The highest BCUT2D eigenvalue weighted by Crippen LogP contribution is 2.40. The van der Waals surface area contributed by atoms with Crippen LogP contribution in [0.4, 0.5) is 4.39 Å². The van der Waals surface area contributed by atoms with E-state index in [0.717, 1.165) is 33.2 Å². The van der Waals surface area contributed by atoms with Gasteiger partial charge >= 0.3 is 0 Å². The van der Waals surface area contributed by atoms with E-state index in [1.807, 2.05) is 54.3 Å². The third-order valence-electron chi connectivity index (χ3n) is 5.92. The van der Waals surface area contributed by atoms with E-state index in [2.05, 4.69) is 21.8 Å². The van der Waals surface area contributed by atoms with Gasteiger partial charge in [-0.15, -0.1) is 0 Å². The summed E-state index contributed by atoms with van der Waals surface area (Å²) < 4.78 is 16.2. The second-order valence-electron chi connectivity index (χ2n) is 8.34. The summed E-state index contributed by atoms with van der Waals surface area (Å²) in [5.41, 5.74) is 3.96. The molecule has 4 aromatic rings. The van der Waals surface area contributed by atoms with E-state index in [-0.39, 0.29) is 17.8 Å². The highest BCUT2D eigenvalue weighted by atomic mass is 32.2. The maximum absolute atomic E-state index is 14.2. The molecule has 1 saturated heterocycles. The fourth-order valence-corrected chi connectivity index (χ4v) is 5.47. The second kappa shape index (κ2) is 9.00. The van der Waals surface area contributed by atoms with Gasteiger partial charge in [0.15, 0.2) is 0 Å². The highest BCUT2D eigenvalue weighted by molar-refractivity contribution is 7.99. The van der Waals surface area contributed by atoms with Crippen LogP contribution in [0.5, 0.6) is 0 Å². The van der Waals surface area contributed by atoms with Crippen LogP contribution in [0.3, 0.4) is 0 Å². The topological polar surface area (TPSA) is 50.2 Å². The first-order valence-electron chi connectivity index (χ1n) is 11.0. The summed E-state index contributed by atoms with van der Waals surface area (Å²) in [5.74, 6) is -0.342. The molecule has 2 aromatic heterocycles. The summed E-state index contributed by atoms with van der Waals surface area (Å²) in [4.78, 5) is 21.2. The lowest BCUT2D eigenvalue weighted by molar-refractivity contribution is 0.0707. The number of halogens is 1. The van der Waals surface area contributed by atoms with E-state index in [9.17, 15) is 9.18 Å². The number of amides is 1. The molecular weight excluding hydrogens is 435 g/mol. The molecule has 1 aliphatic heterocycles. The maximum atomic E-state index is 14.2. The quantitative estimate of drug-likeness (QED) is 0.463. The normalized spacial score (nSPS) is 16.3. The number of carbonyl (C=O) groups excluding carboxylic acids is 1. The third-order valence-corrected chi connectivity index (χ3v) is 7.16. The second-order valence-corrected chi connectivity index (χ2v) is 9.37. The summed E-state index contributed by atoms with van der Waals surface area (Å²) >= 11 is 1.42. The molecule has 1 amide bonds. The van der Waals surface area contributed by atoms with Crippen molar-refractivity contribution in [3.63, 3.8) is 0 Å². The number of fused-ring (bicyclic) bond motifs is 1. The molecule has 1 atom stereocenters. The Morgan fingerprint density at radius 2 is 1.97 bits per heavy atom. The number of pyridine rings is 1. The fraction of sp³-hybridized carbons (Fsp3) is 0.231. The zero-order valence-corrected chi connectivity index (χ0v) is 19.4. The van der Waals surface area contributed by atoms with Crippen LogP contribution in [0, 0.1) is 12.7 Å². The maximum Gasteiger partial charge on any atom is 0.258 e. The molecule has 1 N–H and O–H groups in total. The van der Waals surface area contributed by atoms with Gasteiger partial charge in [-0.05, 0) is 55.8 Å². The van der Waals surface area contributed by atoms with Gasteiger partial charge in [0.05, 0.1) is 16.1 Å². The molecular formula is C26H25FN4OS. The van der Waals surface area contributed by atoms with Gasteiger partial charge in [0, 0.05) is 42.5 Å². The minimum Gasteiger partial charge on any atom is -0.336 e. The van der Waals surface area contributed by atoms with E-state index in [4.69, 9.17) is 0 Å². The van der Waals surface area contributed by atoms with E-state index in [1.165, 1.54) is 23.9 Å². The Balaban J connectivity index is 1.75. The molecule has 1 aliphatic rings. The summed E-state index contributed by atoms with van der Waals surface area (Å²) in [6, 6.07) is 18.8. The molecule has 2 aromatic carbocycles. The van der Waals surface area contributed by atoms with Gasteiger partial charge in [-0.2, -0.15) is 0 Å². The average Bonchev–Trinajstić information content (AvgIpc) is 3.15. The van der Waals surface area contributed by atoms with Gasteiger partial charge in [-0.25, -0.2) is 4.39 Å². The molecule has 33 heavy (non-hydrogen) atoms. The molecule has 1 fully saturated rings. The van der Waals surface area contributed by atoms with E-state index in [1.54, 1.807) is 12.3 Å². The molecule has 3 heterocycles. The van der Waals surface area contributed by atoms with Gasteiger partial charge in [0.2, 0.25) is 0 Å². The molecule has 0 spiro atoms. The largest absolute Gasteiger partial charge is 0.336 e. The number of aromatic nitrogens is 2. The molecule has 0 saturated carbocycles. The smallest absolute Gasteiger partial charge is 0.258 e. The monoisotopic (exact) mass is 460 g/mol. The first-order chi connectivity index (χ1) is 16.0. The molecule has 5 nitrogen and oxygen atoms in total. The van der Waals surface area contributed by atoms with Gasteiger partial charge in [0.1, 0.15) is 11.3 Å². The van der Waals surface area contributed by atoms with Crippen LogP contribution in [0.15, 0.2) is 76.8 Å². The molecule has 0 bridgehead atoms. The van der Waals surface area contributed by atoms with Crippen molar-refractivity contribution < 1.29 is 9.18 Å². The van der Waals surface area contributed by atoms with Crippen molar-refractivity contribution in [3.05, 3.63) is 83.8 Å². The molecule has 5 rings (SSSR count). The standard InChI is InChI=1S/C26H25FN4OS/c1-17-10-11-19(27)15-22(17)33-26-23(25(32)30-14-13-28-18(2)16-30)24-21(9-6-12-29-24)31(26)20-7-4-3-5-8-20/h3-12,15,18,28H,13-14,16H2,1-2H3. The predicted molar refractivity (Wildman–Crippen MR) is 130 cm³/mol. The van der Waals surface area contributed by atoms with E-state index < -0.39 is 0 Å². The highest BCUT2D eigenvalue weighted by Gasteiger charge is 2.30. The molecule has 168 valence electrons. The Kier molecular flexibility index (Phi) is 5.91. The number of para-hydroxylation sites is 1. The van der Waals surface area contributed by atoms with Crippen molar-refractivity contribution in [1.82, 2.24) is 19.8 Å². The fourth-order valence-electron chi connectivity index (χ4n) is 4.28. The Labute approximate surface area is 196 Å². The summed E-state index contributed by atoms with van der Waals surface area (Å²) in [6.07, 6.45) is 1.72. The minimum absolute atomic E-state index is 0.0433. The van der Waals surface area contributed by atoms with E-state index >= 15 is 0 Å². The van der Waals surface area contributed by atoms with Crippen molar-refractivity contribution in [2.45, 2.75) is 29.8 Å². The number of hydrogen-bond acceptors (Lipinski definition) is 4. The number of nitrogens with one attached hydrogen (secondary N) is 1. The van der Waals surface area contributed by atoms with Gasteiger partial charge < -0.3 is 14.8 Å². The number of nitrogens with zero attached hydrogens (tertiary/aromatic N) is 3. The van der Waals surface area contributed by atoms with Crippen molar-refractivity contribution in [3.8, 4) is 5.69 Å². The molecule has 1 unspecified atom stereocenters. The van der Waals surface area contributed by atoms with Crippen LogP contribution < -0.4 is 5.32 Å². The number of hydrogen-bond donors (Lipinski definition) is 1. The third kappa shape index (κ3) is 4.14. The number of piperazine rings is 1. The summed E-state index contributed by atoms with van der Waals surface area (Å²) in [6.45, 7) is 6.05. The SMILES string of the molecule is Cc1ccc(F)cc1Sc1c(C(=O)N2CCNC(C)C2)c2ncccc2n1-c1ccccc1. The van der Waals surface area contributed by atoms with E-state index in [0.29, 0.717) is 24.2 Å². The minimum atomic E-state index is -0.299. The lowest BCUT2D eigenvalue weighted by atomic mass is 10.2. The number of carbonyl (C=O) groups is 1. The van der Waals surface area contributed by atoms with Gasteiger partial charge in [-0.3, -0.25) is 9.78 Å². The Hall–Kier alpha value is -3.16. The van der Waals surface area contributed by atoms with Crippen molar-refractivity contribution in [2.24, 2.45) is 0 Å². The van der Waals surface area contributed by atoms with Crippen molar-refractivity contribution in [1.29, 1.82) is 0 Å². The summed E-state index contributed by atoms with van der Waals surface area (Å²) in [7, 11) is 0. The lowest BCUT2D eigenvalue weighted by Gasteiger charge is -2.32. The van der Waals surface area contributed by atoms with Crippen LogP contribution in [-0.4, -0.2) is 46.0 Å². The Bertz CT molecular complexity index is 1320. The van der Waals surface area contributed by atoms with Crippen LogP contribution in [0.25, 0.3) is 16.7 Å². The first-order valence-corrected chi connectivity index (χ1v) is 11.9. The van der Waals surface area contributed by atoms with Crippen molar-refractivity contribution in [2.75, 3.05) is 19.6 Å². The van der Waals surface area contributed by atoms with Crippen LogP contribution >= 0.6 is 11.8 Å². The van der Waals surface area contributed by atoms with Crippen molar-refractivity contribution >= 4 is 28.7 Å². The summed E-state index contributed by atoms with van der Waals surface area (Å²) in [5, 5.41) is 4.14. The molecule has 0 aliphatic carbocycles. The number of aryl methyl sites for hydroxylation is 1. The van der Waals surface area contributed by atoms with Gasteiger partial charge in [-0.1, -0.05) is 36.0 Å². The average molecular weight is 461 g/mol. The van der Waals surface area contributed by atoms with Gasteiger partial charge in [0.25, 0.3) is 5.91 Å². The molecule has 7 heteroatoms. The Morgan fingerprint density at radius 3 is 2.76 bits per heavy atom. The predicted octanol–water partition coefficient (Wildman–Crippen LogP) is 5.06. The zero-order valence-electron chi connectivity index (χ0n) is 18.6. The zero-order chi connectivity index (χ0) is 22.9. The van der Waals surface area contributed by atoms with Crippen LogP contribution in [-0.2, 0) is 0 Å². The first kappa shape index (κ1) is 21.7. The van der Waals surface area contributed by atoms with Crippen LogP contribution in [0.2, 0.25) is 0 Å². The number of rotatable bonds is 4.